The van der Waals surface area contributed by atoms with Gasteiger partial charge in [-0.05, 0) is 43.0 Å². The second kappa shape index (κ2) is 5.42. The molecule has 2 aromatic rings. The molecule has 2 aromatic carbocycles. The first-order valence-electron chi connectivity index (χ1n) is 5.79. The highest BCUT2D eigenvalue weighted by Crippen LogP contribution is 2.13. The van der Waals surface area contributed by atoms with Gasteiger partial charge in [-0.2, -0.15) is 0 Å². The summed E-state index contributed by atoms with van der Waals surface area (Å²) in [7, 11) is -3.66. The summed E-state index contributed by atoms with van der Waals surface area (Å²) in [5.74, 6) is 0.446. The number of benzene rings is 2. The lowest BCUT2D eigenvalue weighted by Gasteiger charge is -2.08. The van der Waals surface area contributed by atoms with Crippen LogP contribution in [0.25, 0.3) is 0 Å². The Labute approximate surface area is 113 Å². The highest BCUT2D eigenvalue weighted by Gasteiger charge is 2.14. The Hall–Kier alpha value is -1.85. The first kappa shape index (κ1) is 13.6. The van der Waals surface area contributed by atoms with Crippen molar-refractivity contribution in [2.45, 2.75) is 18.7 Å². The van der Waals surface area contributed by atoms with E-state index < -0.39 is 10.0 Å². The van der Waals surface area contributed by atoms with E-state index in [0.29, 0.717) is 5.75 Å². The summed E-state index contributed by atoms with van der Waals surface area (Å²) < 4.78 is 23.9. The molecule has 2 rings (SSSR count). The summed E-state index contributed by atoms with van der Waals surface area (Å²) >= 11 is 0. The lowest BCUT2D eigenvalue weighted by atomic mass is 10.2. The number of hydrogen-bond donors (Lipinski definition) is 1. The first-order chi connectivity index (χ1) is 8.97. The van der Waals surface area contributed by atoms with Crippen LogP contribution in [0.4, 0.5) is 0 Å². The monoisotopic (exact) mass is 277 g/mol. The van der Waals surface area contributed by atoms with Crippen LogP contribution in [-0.4, -0.2) is 8.42 Å². The number of sulfonamides is 1. The molecule has 0 heterocycles. The van der Waals surface area contributed by atoms with Crippen LogP contribution in [-0.2, 0) is 10.0 Å². The van der Waals surface area contributed by atoms with Gasteiger partial charge in [0, 0.05) is 0 Å². The van der Waals surface area contributed by atoms with Gasteiger partial charge in [0.15, 0.2) is 0 Å². The lowest BCUT2D eigenvalue weighted by molar-refractivity contribution is 0.269. The molecule has 0 saturated carbocycles. The number of nitrogens with one attached hydrogen (secondary N) is 1. The van der Waals surface area contributed by atoms with Crippen molar-refractivity contribution in [2.24, 2.45) is 0 Å². The molecule has 0 aliphatic carbocycles. The molecular weight excluding hydrogens is 262 g/mol. The Balaban J connectivity index is 2.09. The van der Waals surface area contributed by atoms with Crippen molar-refractivity contribution in [3.63, 3.8) is 0 Å². The van der Waals surface area contributed by atoms with Crippen molar-refractivity contribution in [3.8, 4) is 5.75 Å². The van der Waals surface area contributed by atoms with Gasteiger partial charge in [0.2, 0.25) is 0 Å². The molecule has 0 amide bonds. The van der Waals surface area contributed by atoms with Crippen LogP contribution in [0.5, 0.6) is 5.75 Å². The minimum Gasteiger partial charge on any atom is -0.394 e. The van der Waals surface area contributed by atoms with Crippen molar-refractivity contribution in [1.29, 1.82) is 0 Å². The molecule has 0 atom stereocenters. The van der Waals surface area contributed by atoms with Gasteiger partial charge in [-0.1, -0.05) is 35.4 Å². The van der Waals surface area contributed by atoms with E-state index in [-0.39, 0.29) is 4.90 Å². The van der Waals surface area contributed by atoms with E-state index in [2.05, 4.69) is 4.89 Å². The van der Waals surface area contributed by atoms with Crippen molar-refractivity contribution in [2.75, 3.05) is 0 Å². The summed E-state index contributed by atoms with van der Waals surface area (Å²) in [6.07, 6.45) is 0. The molecule has 1 N–H and O–H groups in total. The van der Waals surface area contributed by atoms with E-state index >= 15 is 0 Å². The number of rotatable bonds is 4. The Morgan fingerprint density at radius 2 is 1.32 bits per heavy atom. The quantitative estimate of drug-likeness (QED) is 0.874. The van der Waals surface area contributed by atoms with Crippen LogP contribution in [0.1, 0.15) is 11.1 Å². The molecule has 4 nitrogen and oxygen atoms in total. The van der Waals surface area contributed by atoms with Crippen LogP contribution in [0.2, 0.25) is 0 Å². The first-order valence-corrected chi connectivity index (χ1v) is 7.28. The lowest BCUT2D eigenvalue weighted by Crippen LogP contribution is -2.27. The van der Waals surface area contributed by atoms with Gasteiger partial charge in [-0.3, -0.25) is 0 Å². The molecule has 19 heavy (non-hydrogen) atoms. The molecule has 0 aliphatic rings. The topological polar surface area (TPSA) is 55.4 Å². The fourth-order valence-electron chi connectivity index (χ4n) is 1.47. The summed E-state index contributed by atoms with van der Waals surface area (Å²) in [5, 5.41) is 0. The van der Waals surface area contributed by atoms with Gasteiger partial charge in [0.1, 0.15) is 5.75 Å². The van der Waals surface area contributed by atoms with Crippen LogP contribution in [0.3, 0.4) is 0 Å². The largest absolute Gasteiger partial charge is 0.394 e. The third kappa shape index (κ3) is 3.56. The molecule has 0 unspecified atom stereocenters. The number of aryl methyl sites for hydroxylation is 2. The second-order valence-electron chi connectivity index (χ2n) is 4.31. The molecule has 0 fully saturated rings. The van der Waals surface area contributed by atoms with Gasteiger partial charge in [0.05, 0.1) is 4.90 Å². The second-order valence-corrected chi connectivity index (χ2v) is 5.96. The predicted octanol–water partition coefficient (Wildman–Crippen LogP) is 2.58. The maximum absolute atomic E-state index is 11.9. The SMILES string of the molecule is Cc1ccc(ONS(=O)(=O)c2ccc(C)cc2)cc1. The molecule has 0 aliphatic heterocycles. The third-order valence-corrected chi connectivity index (χ3v) is 3.82. The normalized spacial score (nSPS) is 11.3. The standard InChI is InChI=1S/C14H15NO3S/c1-11-3-7-13(8-4-11)18-15-19(16,17)14-9-5-12(2)6-10-14/h3-10,15H,1-2H3. The van der Waals surface area contributed by atoms with E-state index in [0.717, 1.165) is 11.1 Å². The van der Waals surface area contributed by atoms with Gasteiger partial charge in [-0.25, -0.2) is 8.42 Å². The third-order valence-electron chi connectivity index (χ3n) is 2.62. The molecule has 0 saturated heterocycles. The maximum atomic E-state index is 11.9. The minimum absolute atomic E-state index is 0.171. The summed E-state index contributed by atoms with van der Waals surface area (Å²) in [4.78, 5) is 7.35. The highest BCUT2D eigenvalue weighted by molar-refractivity contribution is 7.89. The van der Waals surface area contributed by atoms with Gasteiger partial charge < -0.3 is 4.84 Å². The fourth-order valence-corrected chi connectivity index (χ4v) is 2.27. The van der Waals surface area contributed by atoms with E-state index in [1.165, 1.54) is 12.1 Å². The smallest absolute Gasteiger partial charge is 0.271 e. The summed E-state index contributed by atoms with van der Waals surface area (Å²) in [6, 6.07) is 13.6. The molecule has 5 heteroatoms. The van der Waals surface area contributed by atoms with Crippen molar-refractivity contribution >= 4 is 10.0 Å². The average molecular weight is 277 g/mol. The van der Waals surface area contributed by atoms with E-state index in [4.69, 9.17) is 4.84 Å². The zero-order valence-electron chi connectivity index (χ0n) is 10.8. The molecule has 0 aromatic heterocycles. The summed E-state index contributed by atoms with van der Waals surface area (Å²) in [5.41, 5.74) is 2.08. The molecule has 0 bridgehead atoms. The van der Waals surface area contributed by atoms with Crippen LogP contribution >= 0.6 is 0 Å². The van der Waals surface area contributed by atoms with E-state index in [1.54, 1.807) is 24.3 Å². The molecule has 100 valence electrons. The Morgan fingerprint density at radius 1 is 0.842 bits per heavy atom. The van der Waals surface area contributed by atoms with Crippen molar-refractivity contribution in [1.82, 2.24) is 4.89 Å². The maximum Gasteiger partial charge on any atom is 0.271 e. The highest BCUT2D eigenvalue weighted by atomic mass is 32.2. The van der Waals surface area contributed by atoms with Gasteiger partial charge in [-0.15, -0.1) is 0 Å². The van der Waals surface area contributed by atoms with Crippen molar-refractivity contribution < 1.29 is 13.3 Å². The Bertz CT molecular complexity index is 646. The Kier molecular flexibility index (Phi) is 3.87. The molecule has 0 radical (unpaired) electrons. The van der Waals surface area contributed by atoms with Crippen LogP contribution in [0, 0.1) is 13.8 Å². The van der Waals surface area contributed by atoms with Crippen LogP contribution in [0.15, 0.2) is 53.4 Å². The van der Waals surface area contributed by atoms with Crippen LogP contribution < -0.4 is 9.72 Å². The Morgan fingerprint density at radius 3 is 1.84 bits per heavy atom. The zero-order chi connectivity index (χ0) is 13.9. The molecular formula is C14H15NO3S. The predicted molar refractivity (Wildman–Crippen MR) is 73.3 cm³/mol. The van der Waals surface area contributed by atoms with Gasteiger partial charge >= 0.3 is 0 Å². The molecule has 0 spiro atoms. The zero-order valence-corrected chi connectivity index (χ0v) is 11.6. The van der Waals surface area contributed by atoms with Crippen molar-refractivity contribution in [3.05, 3.63) is 59.7 Å². The van der Waals surface area contributed by atoms with E-state index in [9.17, 15) is 8.42 Å². The van der Waals surface area contributed by atoms with E-state index in [1.807, 2.05) is 26.0 Å². The van der Waals surface area contributed by atoms with Gasteiger partial charge in [0.25, 0.3) is 10.0 Å². The fraction of sp³-hybridized carbons (Fsp3) is 0.143. The summed E-state index contributed by atoms with van der Waals surface area (Å²) in [6.45, 7) is 3.84. The average Bonchev–Trinajstić information content (AvgIpc) is 2.39. The number of hydrogen-bond acceptors (Lipinski definition) is 3. The minimum atomic E-state index is -3.66.